The van der Waals surface area contributed by atoms with Crippen LogP contribution in [0.4, 0.5) is 15.8 Å². The number of nitrogens with zero attached hydrogens (tertiary/aromatic N) is 4. The molecule has 7 nitrogen and oxygen atoms in total. The second-order valence-electron chi connectivity index (χ2n) is 6.72. The molecule has 1 aliphatic heterocycles. The summed E-state index contributed by atoms with van der Waals surface area (Å²) in [6.45, 7) is 4.99. The Morgan fingerprint density at radius 1 is 1.14 bits per heavy atom. The normalized spacial score (nSPS) is 14.7. The molecule has 3 aromatic rings. The van der Waals surface area contributed by atoms with Crippen LogP contribution in [0.2, 0.25) is 0 Å². The van der Waals surface area contributed by atoms with E-state index < -0.39 is 11.8 Å². The molecule has 29 heavy (non-hydrogen) atoms. The molecule has 1 aromatic heterocycles. The maximum atomic E-state index is 13.8. The van der Waals surface area contributed by atoms with Gasteiger partial charge in [-0.25, -0.2) is 9.18 Å². The number of anilines is 1. The van der Waals surface area contributed by atoms with Crippen LogP contribution in [0.1, 0.15) is 17.4 Å². The number of halogens is 1. The maximum absolute atomic E-state index is 13.8. The zero-order valence-corrected chi connectivity index (χ0v) is 16.1. The van der Waals surface area contributed by atoms with E-state index in [0.717, 1.165) is 13.1 Å². The maximum Gasteiger partial charge on any atom is 0.357 e. The van der Waals surface area contributed by atoms with Crippen LogP contribution in [0.5, 0.6) is 0 Å². The third-order valence-corrected chi connectivity index (χ3v) is 4.86. The summed E-state index contributed by atoms with van der Waals surface area (Å²) in [6.07, 6.45) is 0. The molecule has 2 heterocycles. The lowest BCUT2D eigenvalue weighted by Gasteiger charge is -2.33. The molecule has 4 rings (SSSR count). The quantitative estimate of drug-likeness (QED) is 0.516. The van der Waals surface area contributed by atoms with Crippen LogP contribution in [-0.2, 0) is 4.74 Å². The van der Waals surface area contributed by atoms with Gasteiger partial charge in [-0.3, -0.25) is 5.01 Å². The highest BCUT2D eigenvalue weighted by Crippen LogP contribution is 2.32. The molecule has 0 bridgehead atoms. The monoisotopic (exact) mass is 395 g/mol. The van der Waals surface area contributed by atoms with E-state index in [1.165, 1.54) is 17.8 Å². The Balaban J connectivity index is 1.54. The molecule has 0 unspecified atom stereocenters. The zero-order valence-electron chi connectivity index (χ0n) is 16.1. The Morgan fingerprint density at radius 3 is 2.62 bits per heavy atom. The standard InChI is InChI=1S/C21H22FN5O2/c1-2-29-21(28)20-19(17-14-15(22)8-9-18(17)23-20)24-25-27-12-10-26(11-13-27)16-6-4-3-5-7-16/h3-9,14,23H,2,10-13H2,1H3. The van der Waals surface area contributed by atoms with Crippen molar-refractivity contribution in [2.45, 2.75) is 6.92 Å². The Labute approximate surface area is 167 Å². The predicted molar refractivity (Wildman–Crippen MR) is 109 cm³/mol. The van der Waals surface area contributed by atoms with Crippen LogP contribution in [0.3, 0.4) is 0 Å². The van der Waals surface area contributed by atoms with Crippen molar-refractivity contribution in [1.29, 1.82) is 0 Å². The minimum atomic E-state index is -0.535. The second kappa shape index (κ2) is 8.30. The van der Waals surface area contributed by atoms with E-state index in [2.05, 4.69) is 32.4 Å². The number of carbonyl (C=O) groups is 1. The van der Waals surface area contributed by atoms with E-state index in [-0.39, 0.29) is 12.3 Å². The number of benzene rings is 2. The van der Waals surface area contributed by atoms with E-state index in [9.17, 15) is 9.18 Å². The molecular formula is C21H22FN5O2. The van der Waals surface area contributed by atoms with Crippen molar-refractivity contribution in [2.24, 2.45) is 10.3 Å². The number of hydrogen-bond donors (Lipinski definition) is 1. The van der Waals surface area contributed by atoms with Crippen molar-refractivity contribution in [1.82, 2.24) is 9.99 Å². The number of aromatic amines is 1. The van der Waals surface area contributed by atoms with Crippen LogP contribution < -0.4 is 4.90 Å². The SMILES string of the molecule is CCOC(=O)c1[nH]c2ccc(F)cc2c1N=NN1CCN(c2ccccc2)CC1. The van der Waals surface area contributed by atoms with Crippen LogP contribution in [0.15, 0.2) is 58.9 Å². The number of esters is 1. The number of rotatable bonds is 5. The van der Waals surface area contributed by atoms with Crippen molar-refractivity contribution < 1.29 is 13.9 Å². The van der Waals surface area contributed by atoms with Gasteiger partial charge in [0.15, 0.2) is 5.69 Å². The fourth-order valence-electron chi connectivity index (χ4n) is 3.40. The Morgan fingerprint density at radius 2 is 1.90 bits per heavy atom. The Hall–Kier alpha value is -3.42. The number of nitrogens with one attached hydrogen (secondary N) is 1. The van der Waals surface area contributed by atoms with Crippen LogP contribution in [-0.4, -0.2) is 48.7 Å². The van der Waals surface area contributed by atoms with E-state index >= 15 is 0 Å². The van der Waals surface area contributed by atoms with Gasteiger partial charge in [-0.05, 0) is 37.3 Å². The first-order valence-electron chi connectivity index (χ1n) is 9.60. The number of H-pyrrole nitrogens is 1. The minimum absolute atomic E-state index is 0.180. The predicted octanol–water partition coefficient (Wildman–Crippen LogP) is 4.30. The fourth-order valence-corrected chi connectivity index (χ4v) is 3.40. The average molecular weight is 395 g/mol. The van der Waals surface area contributed by atoms with Crippen molar-refractivity contribution in [3.8, 4) is 0 Å². The summed E-state index contributed by atoms with van der Waals surface area (Å²) in [5.41, 5.74) is 2.26. The van der Waals surface area contributed by atoms with Gasteiger partial charge in [0.1, 0.15) is 11.5 Å². The first-order valence-corrected chi connectivity index (χ1v) is 9.60. The highest BCUT2D eigenvalue weighted by atomic mass is 19.1. The van der Waals surface area contributed by atoms with Crippen molar-refractivity contribution in [2.75, 3.05) is 37.7 Å². The summed E-state index contributed by atoms with van der Waals surface area (Å²) in [4.78, 5) is 17.6. The van der Waals surface area contributed by atoms with Crippen molar-refractivity contribution >= 4 is 28.2 Å². The molecule has 1 aliphatic rings. The molecular weight excluding hydrogens is 373 g/mol. The summed E-state index contributed by atoms with van der Waals surface area (Å²) >= 11 is 0. The van der Waals surface area contributed by atoms with Crippen molar-refractivity contribution in [3.63, 3.8) is 0 Å². The molecule has 0 radical (unpaired) electrons. The molecule has 1 fully saturated rings. The first-order chi connectivity index (χ1) is 14.2. The number of carbonyl (C=O) groups excluding carboxylic acids is 1. The summed E-state index contributed by atoms with van der Waals surface area (Å²) in [7, 11) is 0. The number of ether oxygens (including phenoxy) is 1. The summed E-state index contributed by atoms with van der Waals surface area (Å²) in [5, 5.41) is 11.0. The van der Waals surface area contributed by atoms with E-state index in [0.29, 0.717) is 29.7 Å². The third kappa shape index (κ3) is 4.06. The Kier molecular flexibility index (Phi) is 5.41. The molecule has 0 aliphatic carbocycles. The van der Waals surface area contributed by atoms with Crippen LogP contribution >= 0.6 is 0 Å². The lowest BCUT2D eigenvalue weighted by Crippen LogP contribution is -2.43. The number of piperazine rings is 1. The molecule has 1 N–H and O–H groups in total. The third-order valence-electron chi connectivity index (χ3n) is 4.86. The minimum Gasteiger partial charge on any atom is -0.461 e. The van der Waals surface area contributed by atoms with E-state index in [4.69, 9.17) is 4.74 Å². The molecule has 2 aromatic carbocycles. The fraction of sp³-hybridized carbons (Fsp3) is 0.286. The zero-order chi connectivity index (χ0) is 20.2. The lowest BCUT2D eigenvalue weighted by atomic mass is 10.2. The van der Waals surface area contributed by atoms with E-state index in [1.54, 1.807) is 13.0 Å². The van der Waals surface area contributed by atoms with Gasteiger partial charge in [-0.2, -0.15) is 0 Å². The smallest absolute Gasteiger partial charge is 0.357 e. The largest absolute Gasteiger partial charge is 0.461 e. The topological polar surface area (TPSA) is 73.3 Å². The number of para-hydroxylation sites is 1. The lowest BCUT2D eigenvalue weighted by molar-refractivity contribution is 0.0521. The second-order valence-corrected chi connectivity index (χ2v) is 6.72. The van der Waals surface area contributed by atoms with Gasteiger partial charge in [0.2, 0.25) is 0 Å². The molecule has 8 heteroatoms. The first kappa shape index (κ1) is 18.9. The summed E-state index contributed by atoms with van der Waals surface area (Å²) in [6, 6.07) is 14.5. The highest BCUT2D eigenvalue weighted by Gasteiger charge is 2.21. The van der Waals surface area contributed by atoms with E-state index in [1.807, 2.05) is 23.2 Å². The number of hydrogen-bond acceptors (Lipinski definition) is 5. The van der Waals surface area contributed by atoms with Gasteiger partial charge in [0.05, 0.1) is 19.7 Å². The van der Waals surface area contributed by atoms with Gasteiger partial charge in [-0.1, -0.05) is 23.4 Å². The Bertz CT molecular complexity index is 1030. The van der Waals surface area contributed by atoms with Crippen LogP contribution in [0.25, 0.3) is 10.9 Å². The van der Waals surface area contributed by atoms with Gasteiger partial charge in [0, 0.05) is 29.7 Å². The van der Waals surface area contributed by atoms with Crippen LogP contribution in [0, 0.1) is 5.82 Å². The molecule has 150 valence electrons. The number of fused-ring (bicyclic) bond motifs is 1. The molecule has 0 saturated carbocycles. The van der Waals surface area contributed by atoms with Gasteiger partial charge in [0.25, 0.3) is 0 Å². The van der Waals surface area contributed by atoms with Crippen molar-refractivity contribution in [3.05, 3.63) is 60.0 Å². The molecule has 0 spiro atoms. The van der Waals surface area contributed by atoms with Gasteiger partial charge < -0.3 is 14.6 Å². The summed E-state index contributed by atoms with van der Waals surface area (Å²) in [5.74, 6) is -0.938. The van der Waals surface area contributed by atoms with Gasteiger partial charge >= 0.3 is 5.97 Å². The molecule has 1 saturated heterocycles. The molecule has 0 atom stereocenters. The summed E-state index contributed by atoms with van der Waals surface area (Å²) < 4.78 is 18.9. The molecule has 0 amide bonds. The average Bonchev–Trinajstić information content (AvgIpc) is 3.11. The number of aromatic nitrogens is 1. The van der Waals surface area contributed by atoms with Gasteiger partial charge in [-0.15, -0.1) is 5.11 Å². The highest BCUT2D eigenvalue weighted by molar-refractivity contribution is 6.04.